The number of rotatable bonds is 9. The number of hydrogen-bond donors (Lipinski definition) is 0. The van der Waals surface area contributed by atoms with Crippen molar-refractivity contribution < 1.29 is 14.3 Å². The second-order valence-electron chi connectivity index (χ2n) is 6.38. The van der Waals surface area contributed by atoms with Crippen LogP contribution in [0, 0.1) is 17.8 Å². The predicted molar refractivity (Wildman–Crippen MR) is 101 cm³/mol. The van der Waals surface area contributed by atoms with E-state index in [-0.39, 0.29) is 18.0 Å². The van der Waals surface area contributed by atoms with Gasteiger partial charge in [-0.05, 0) is 26.9 Å². The maximum atomic E-state index is 12.8. The molecule has 136 valence electrons. The van der Waals surface area contributed by atoms with Crippen LogP contribution in [0.5, 0.6) is 0 Å². The van der Waals surface area contributed by atoms with Crippen molar-refractivity contribution in [1.82, 2.24) is 4.90 Å². The molecular formula is C21H29NO3. The molecule has 0 bridgehead atoms. The van der Waals surface area contributed by atoms with Crippen LogP contribution in [0.1, 0.15) is 44.5 Å². The lowest BCUT2D eigenvalue weighted by Gasteiger charge is -2.25. The summed E-state index contributed by atoms with van der Waals surface area (Å²) < 4.78 is 5.29. The molecule has 1 aromatic rings. The van der Waals surface area contributed by atoms with Crippen molar-refractivity contribution in [3.63, 3.8) is 0 Å². The molecule has 0 saturated carbocycles. The fourth-order valence-electron chi connectivity index (χ4n) is 2.42. The number of Topliss-reactive ketones (excluding diaryl/α,β-unsaturated/α-hetero) is 2. The Bertz CT molecular complexity index is 622. The molecular weight excluding hydrogens is 314 g/mol. The molecule has 25 heavy (non-hydrogen) atoms. The zero-order chi connectivity index (χ0) is 18.9. The Morgan fingerprint density at radius 3 is 2.24 bits per heavy atom. The molecule has 0 heterocycles. The van der Waals surface area contributed by atoms with Gasteiger partial charge in [0.05, 0.1) is 12.5 Å². The third-order valence-electron chi connectivity index (χ3n) is 4.42. The van der Waals surface area contributed by atoms with E-state index in [1.54, 1.807) is 38.1 Å². The Hall–Kier alpha value is -1.96. The van der Waals surface area contributed by atoms with Gasteiger partial charge >= 0.3 is 0 Å². The van der Waals surface area contributed by atoms with Gasteiger partial charge in [-0.2, -0.15) is 0 Å². The highest BCUT2D eigenvalue weighted by Gasteiger charge is 2.37. The number of benzene rings is 1. The van der Waals surface area contributed by atoms with E-state index < -0.39 is 11.5 Å². The Balaban J connectivity index is 2.99. The van der Waals surface area contributed by atoms with Crippen LogP contribution in [0.25, 0.3) is 0 Å². The van der Waals surface area contributed by atoms with Gasteiger partial charge in [0.15, 0.2) is 11.6 Å². The van der Waals surface area contributed by atoms with E-state index in [0.717, 1.165) is 13.1 Å². The number of hydrogen-bond acceptors (Lipinski definition) is 4. The first kappa shape index (κ1) is 21.1. The molecule has 0 spiro atoms. The van der Waals surface area contributed by atoms with E-state index in [0.29, 0.717) is 12.1 Å². The maximum Gasteiger partial charge on any atom is 0.175 e. The van der Waals surface area contributed by atoms with Gasteiger partial charge < -0.3 is 4.74 Å². The minimum absolute atomic E-state index is 0.201. The zero-order valence-corrected chi connectivity index (χ0v) is 16.0. The summed E-state index contributed by atoms with van der Waals surface area (Å²) in [5.74, 6) is 4.85. The molecule has 0 fully saturated rings. The summed E-state index contributed by atoms with van der Waals surface area (Å²) in [5, 5.41) is 0. The van der Waals surface area contributed by atoms with Gasteiger partial charge in [0.2, 0.25) is 0 Å². The van der Waals surface area contributed by atoms with E-state index in [1.807, 2.05) is 6.07 Å². The van der Waals surface area contributed by atoms with Gasteiger partial charge in [0, 0.05) is 19.1 Å². The highest BCUT2D eigenvalue weighted by atomic mass is 16.5. The average Bonchev–Trinajstić information content (AvgIpc) is 2.64. The van der Waals surface area contributed by atoms with E-state index in [1.165, 1.54) is 7.11 Å². The number of ether oxygens (including phenoxy) is 1. The molecule has 0 aromatic heterocycles. The number of methoxy groups -OCH3 is 1. The van der Waals surface area contributed by atoms with Crippen molar-refractivity contribution in [3.8, 4) is 11.8 Å². The first-order chi connectivity index (χ1) is 11.9. The molecule has 0 N–H and O–H groups in total. The SMILES string of the molecule is CCN(CC)CC#CC[C@H](C(=O)c1ccccc1)C(=O)C(C)(C)OC. The van der Waals surface area contributed by atoms with Gasteiger partial charge in [0.1, 0.15) is 5.60 Å². The molecule has 0 unspecified atom stereocenters. The lowest BCUT2D eigenvalue weighted by Crippen LogP contribution is -2.41. The van der Waals surface area contributed by atoms with Crippen LogP contribution >= 0.6 is 0 Å². The first-order valence-corrected chi connectivity index (χ1v) is 8.74. The third kappa shape index (κ3) is 6.12. The summed E-state index contributed by atoms with van der Waals surface area (Å²) in [6.07, 6.45) is 0.209. The summed E-state index contributed by atoms with van der Waals surface area (Å²) >= 11 is 0. The van der Waals surface area contributed by atoms with Crippen molar-refractivity contribution in [3.05, 3.63) is 35.9 Å². The van der Waals surface area contributed by atoms with Gasteiger partial charge in [-0.15, -0.1) is 5.92 Å². The molecule has 0 saturated heterocycles. The Labute approximate surface area is 151 Å². The fraction of sp³-hybridized carbons (Fsp3) is 0.524. The molecule has 0 aliphatic rings. The second-order valence-corrected chi connectivity index (χ2v) is 6.38. The van der Waals surface area contributed by atoms with Crippen LogP contribution in [0.3, 0.4) is 0 Å². The molecule has 1 rings (SSSR count). The quantitative estimate of drug-likeness (QED) is 0.392. The molecule has 1 atom stereocenters. The number of carbonyl (C=O) groups excluding carboxylic acids is 2. The van der Waals surface area contributed by atoms with Crippen LogP contribution in [0.15, 0.2) is 30.3 Å². The van der Waals surface area contributed by atoms with Crippen LogP contribution in [0.4, 0.5) is 0 Å². The molecule has 0 aliphatic carbocycles. The van der Waals surface area contributed by atoms with Crippen LogP contribution in [0.2, 0.25) is 0 Å². The summed E-state index contributed by atoms with van der Waals surface area (Å²) in [6, 6.07) is 8.89. The van der Waals surface area contributed by atoms with E-state index >= 15 is 0 Å². The highest BCUT2D eigenvalue weighted by Crippen LogP contribution is 2.22. The molecule has 0 amide bonds. The molecule has 0 aliphatic heterocycles. The molecule has 4 nitrogen and oxygen atoms in total. The summed E-state index contributed by atoms with van der Waals surface area (Å²) in [6.45, 7) is 10.0. The van der Waals surface area contributed by atoms with Crippen LogP contribution < -0.4 is 0 Å². The van der Waals surface area contributed by atoms with E-state index in [4.69, 9.17) is 4.74 Å². The van der Waals surface area contributed by atoms with Crippen LogP contribution in [-0.4, -0.2) is 48.8 Å². The van der Waals surface area contributed by atoms with Crippen molar-refractivity contribution in [2.24, 2.45) is 5.92 Å². The molecule has 4 heteroatoms. The summed E-state index contributed by atoms with van der Waals surface area (Å²) in [5.41, 5.74) is -0.492. The van der Waals surface area contributed by atoms with Crippen molar-refractivity contribution in [2.75, 3.05) is 26.7 Å². The number of nitrogens with zero attached hydrogens (tertiary/aromatic N) is 1. The lowest BCUT2D eigenvalue weighted by atomic mass is 9.84. The second kappa shape index (κ2) is 10.1. The van der Waals surface area contributed by atoms with Gasteiger partial charge in [-0.1, -0.05) is 50.1 Å². The molecule has 1 aromatic carbocycles. The standard InChI is InChI=1S/C21H29NO3/c1-6-22(7-2)16-12-11-15-18(20(24)21(3,4)25-5)19(23)17-13-9-8-10-14-17/h8-10,13-14,18H,6-7,15-16H2,1-5H3/t18-/m1/s1. The minimum atomic E-state index is -1.02. The van der Waals surface area contributed by atoms with E-state index in [2.05, 4.69) is 30.6 Å². The lowest BCUT2D eigenvalue weighted by molar-refractivity contribution is -0.139. The predicted octanol–water partition coefficient (Wildman–Crippen LogP) is 3.21. The Morgan fingerprint density at radius 2 is 1.72 bits per heavy atom. The fourth-order valence-corrected chi connectivity index (χ4v) is 2.42. The van der Waals surface area contributed by atoms with Gasteiger partial charge in [-0.3, -0.25) is 14.5 Å². The first-order valence-electron chi connectivity index (χ1n) is 8.74. The van der Waals surface area contributed by atoms with Crippen molar-refractivity contribution in [1.29, 1.82) is 0 Å². The maximum absolute atomic E-state index is 12.8. The average molecular weight is 343 g/mol. The van der Waals surface area contributed by atoms with Crippen LogP contribution in [-0.2, 0) is 9.53 Å². The minimum Gasteiger partial charge on any atom is -0.371 e. The van der Waals surface area contributed by atoms with Gasteiger partial charge in [-0.25, -0.2) is 0 Å². The van der Waals surface area contributed by atoms with Crippen molar-refractivity contribution >= 4 is 11.6 Å². The van der Waals surface area contributed by atoms with Crippen molar-refractivity contribution in [2.45, 2.75) is 39.7 Å². The largest absolute Gasteiger partial charge is 0.371 e. The smallest absolute Gasteiger partial charge is 0.175 e. The highest BCUT2D eigenvalue weighted by molar-refractivity contribution is 6.13. The normalized spacial score (nSPS) is 12.4. The topological polar surface area (TPSA) is 46.6 Å². The Morgan fingerprint density at radius 1 is 1.12 bits per heavy atom. The zero-order valence-electron chi connectivity index (χ0n) is 16.0. The third-order valence-corrected chi connectivity index (χ3v) is 4.42. The molecule has 0 radical (unpaired) electrons. The monoisotopic (exact) mass is 343 g/mol. The Kier molecular flexibility index (Phi) is 8.54. The number of carbonyl (C=O) groups is 2. The van der Waals surface area contributed by atoms with E-state index in [9.17, 15) is 9.59 Å². The van der Waals surface area contributed by atoms with Gasteiger partial charge in [0.25, 0.3) is 0 Å². The number of ketones is 2. The summed E-state index contributed by atoms with van der Waals surface area (Å²) in [4.78, 5) is 27.8. The summed E-state index contributed by atoms with van der Waals surface area (Å²) in [7, 11) is 1.48.